The van der Waals surface area contributed by atoms with Gasteiger partial charge >= 0.3 is 0 Å². The molecule has 0 atom stereocenters. The summed E-state index contributed by atoms with van der Waals surface area (Å²) in [4.78, 5) is 0. The number of ether oxygens (including phenoxy) is 1. The lowest BCUT2D eigenvalue weighted by Crippen LogP contribution is -2.05. The van der Waals surface area contributed by atoms with E-state index in [2.05, 4.69) is 5.32 Å². The highest BCUT2D eigenvalue weighted by atomic mass is 35.5. The van der Waals surface area contributed by atoms with Crippen LogP contribution in [0.3, 0.4) is 0 Å². The molecule has 0 aliphatic carbocycles. The van der Waals surface area contributed by atoms with Crippen LogP contribution in [0.4, 0.5) is 5.69 Å². The van der Waals surface area contributed by atoms with Gasteiger partial charge in [0.25, 0.3) is 0 Å². The SMILES string of the molecule is OCCNc1ccc(OCc2ccc(Cl)cc2)cc1. The summed E-state index contributed by atoms with van der Waals surface area (Å²) in [7, 11) is 0. The topological polar surface area (TPSA) is 41.5 Å². The number of aliphatic hydroxyl groups is 1. The molecule has 4 heteroatoms. The summed E-state index contributed by atoms with van der Waals surface area (Å²) in [6, 6.07) is 15.2. The summed E-state index contributed by atoms with van der Waals surface area (Å²) < 4.78 is 5.67. The molecule has 0 saturated heterocycles. The van der Waals surface area contributed by atoms with E-state index in [0.29, 0.717) is 13.2 Å². The van der Waals surface area contributed by atoms with Crippen LogP contribution in [0.5, 0.6) is 5.75 Å². The first-order chi connectivity index (χ1) is 9.28. The Balaban J connectivity index is 1.87. The Kier molecular flexibility index (Phi) is 5.07. The van der Waals surface area contributed by atoms with Crippen molar-refractivity contribution in [3.8, 4) is 5.75 Å². The lowest BCUT2D eigenvalue weighted by molar-refractivity contribution is 0.306. The molecule has 0 amide bonds. The third kappa shape index (κ3) is 4.47. The van der Waals surface area contributed by atoms with Crippen LogP contribution >= 0.6 is 11.6 Å². The van der Waals surface area contributed by atoms with Gasteiger partial charge in [-0.25, -0.2) is 0 Å². The van der Waals surface area contributed by atoms with Gasteiger partial charge in [-0.15, -0.1) is 0 Å². The van der Waals surface area contributed by atoms with E-state index in [1.807, 2.05) is 48.5 Å². The molecule has 0 unspecified atom stereocenters. The highest BCUT2D eigenvalue weighted by Gasteiger charge is 1.97. The molecule has 100 valence electrons. The number of hydrogen-bond donors (Lipinski definition) is 2. The van der Waals surface area contributed by atoms with E-state index in [1.165, 1.54) is 0 Å². The first-order valence-electron chi connectivity index (χ1n) is 6.10. The molecular formula is C15H16ClNO2. The van der Waals surface area contributed by atoms with Crippen LogP contribution in [0.15, 0.2) is 48.5 Å². The van der Waals surface area contributed by atoms with Crippen molar-refractivity contribution >= 4 is 17.3 Å². The van der Waals surface area contributed by atoms with Crippen molar-refractivity contribution in [1.29, 1.82) is 0 Å². The Morgan fingerprint density at radius 3 is 2.32 bits per heavy atom. The van der Waals surface area contributed by atoms with E-state index in [-0.39, 0.29) is 6.61 Å². The molecule has 2 rings (SSSR count). The molecule has 0 heterocycles. The zero-order valence-electron chi connectivity index (χ0n) is 10.5. The molecular weight excluding hydrogens is 262 g/mol. The Hall–Kier alpha value is -1.71. The maximum Gasteiger partial charge on any atom is 0.119 e. The lowest BCUT2D eigenvalue weighted by Gasteiger charge is -2.08. The van der Waals surface area contributed by atoms with Gasteiger partial charge < -0.3 is 15.2 Å². The largest absolute Gasteiger partial charge is 0.489 e. The third-order valence-electron chi connectivity index (χ3n) is 2.61. The monoisotopic (exact) mass is 277 g/mol. The summed E-state index contributed by atoms with van der Waals surface area (Å²) in [6.45, 7) is 1.18. The fraction of sp³-hybridized carbons (Fsp3) is 0.200. The van der Waals surface area contributed by atoms with Crippen LogP contribution < -0.4 is 10.1 Å². The van der Waals surface area contributed by atoms with Crippen molar-refractivity contribution in [1.82, 2.24) is 0 Å². The van der Waals surface area contributed by atoms with Crippen LogP contribution in [0.2, 0.25) is 5.02 Å². The first kappa shape index (κ1) is 13.7. The second kappa shape index (κ2) is 7.02. The average Bonchev–Trinajstić information content (AvgIpc) is 2.46. The van der Waals surface area contributed by atoms with Gasteiger partial charge in [-0.2, -0.15) is 0 Å². The molecule has 0 radical (unpaired) electrons. The normalized spacial score (nSPS) is 10.2. The maximum absolute atomic E-state index is 8.72. The minimum Gasteiger partial charge on any atom is -0.489 e. The number of anilines is 1. The zero-order chi connectivity index (χ0) is 13.5. The van der Waals surface area contributed by atoms with Crippen LogP contribution in [0, 0.1) is 0 Å². The average molecular weight is 278 g/mol. The summed E-state index contributed by atoms with van der Waals surface area (Å²) in [5.41, 5.74) is 2.04. The molecule has 19 heavy (non-hydrogen) atoms. The molecule has 0 saturated carbocycles. The minimum atomic E-state index is 0.120. The van der Waals surface area contributed by atoms with Crippen LogP contribution in [-0.4, -0.2) is 18.3 Å². The van der Waals surface area contributed by atoms with Crippen molar-refractivity contribution < 1.29 is 9.84 Å². The summed E-state index contributed by atoms with van der Waals surface area (Å²) >= 11 is 5.82. The molecule has 0 aliphatic rings. The minimum absolute atomic E-state index is 0.120. The zero-order valence-corrected chi connectivity index (χ0v) is 11.2. The van der Waals surface area contributed by atoms with E-state index < -0.39 is 0 Å². The molecule has 0 aromatic heterocycles. The number of aliphatic hydroxyl groups excluding tert-OH is 1. The second-order valence-electron chi connectivity index (χ2n) is 4.09. The van der Waals surface area contributed by atoms with Gasteiger partial charge in [-0.05, 0) is 42.0 Å². The Morgan fingerprint density at radius 2 is 1.68 bits per heavy atom. The fourth-order valence-electron chi connectivity index (χ4n) is 1.62. The quantitative estimate of drug-likeness (QED) is 0.851. The summed E-state index contributed by atoms with van der Waals surface area (Å²) in [6.07, 6.45) is 0. The van der Waals surface area contributed by atoms with Gasteiger partial charge in [0, 0.05) is 17.3 Å². The standard InChI is InChI=1S/C15H16ClNO2/c16-13-3-1-12(2-4-13)11-19-15-7-5-14(6-8-15)17-9-10-18/h1-8,17-18H,9-11H2. The van der Waals surface area contributed by atoms with Gasteiger partial charge in [0.1, 0.15) is 12.4 Å². The Labute approximate surface area is 117 Å². The molecule has 2 aromatic rings. The molecule has 2 N–H and O–H groups in total. The smallest absolute Gasteiger partial charge is 0.119 e. The lowest BCUT2D eigenvalue weighted by atomic mass is 10.2. The number of rotatable bonds is 6. The van der Waals surface area contributed by atoms with Crippen molar-refractivity contribution in [2.24, 2.45) is 0 Å². The summed E-state index contributed by atoms with van der Waals surface area (Å²) in [5.74, 6) is 0.810. The van der Waals surface area contributed by atoms with E-state index >= 15 is 0 Å². The van der Waals surface area contributed by atoms with Gasteiger partial charge in [0.15, 0.2) is 0 Å². The molecule has 0 bridgehead atoms. The van der Waals surface area contributed by atoms with Crippen LogP contribution in [-0.2, 0) is 6.61 Å². The van der Waals surface area contributed by atoms with Gasteiger partial charge in [0.05, 0.1) is 6.61 Å². The van der Waals surface area contributed by atoms with E-state index in [0.717, 1.165) is 22.0 Å². The van der Waals surface area contributed by atoms with E-state index in [1.54, 1.807) is 0 Å². The summed E-state index contributed by atoms with van der Waals surface area (Å²) in [5, 5.41) is 12.5. The van der Waals surface area contributed by atoms with Gasteiger partial charge in [-0.1, -0.05) is 23.7 Å². The molecule has 0 spiro atoms. The second-order valence-corrected chi connectivity index (χ2v) is 4.53. The van der Waals surface area contributed by atoms with Crippen LogP contribution in [0.1, 0.15) is 5.56 Å². The first-order valence-corrected chi connectivity index (χ1v) is 6.48. The van der Waals surface area contributed by atoms with Crippen molar-refractivity contribution in [2.45, 2.75) is 6.61 Å². The fourth-order valence-corrected chi connectivity index (χ4v) is 1.74. The van der Waals surface area contributed by atoms with Gasteiger partial charge in [-0.3, -0.25) is 0 Å². The maximum atomic E-state index is 8.72. The van der Waals surface area contributed by atoms with Crippen LogP contribution in [0.25, 0.3) is 0 Å². The number of nitrogens with one attached hydrogen (secondary N) is 1. The van der Waals surface area contributed by atoms with Crippen molar-refractivity contribution in [2.75, 3.05) is 18.5 Å². The Morgan fingerprint density at radius 1 is 1.00 bits per heavy atom. The molecule has 2 aromatic carbocycles. The molecule has 0 aliphatic heterocycles. The number of hydrogen-bond acceptors (Lipinski definition) is 3. The number of halogens is 1. The van der Waals surface area contributed by atoms with E-state index in [4.69, 9.17) is 21.4 Å². The van der Waals surface area contributed by atoms with Crippen molar-refractivity contribution in [3.63, 3.8) is 0 Å². The predicted octanol–water partition coefficient (Wildman–Crippen LogP) is 3.32. The highest BCUT2D eigenvalue weighted by molar-refractivity contribution is 6.30. The van der Waals surface area contributed by atoms with E-state index in [9.17, 15) is 0 Å². The predicted molar refractivity (Wildman–Crippen MR) is 77.8 cm³/mol. The third-order valence-corrected chi connectivity index (χ3v) is 2.87. The number of benzene rings is 2. The van der Waals surface area contributed by atoms with Gasteiger partial charge in [0.2, 0.25) is 0 Å². The molecule has 0 fully saturated rings. The Bertz CT molecular complexity index is 497. The molecule has 3 nitrogen and oxygen atoms in total. The van der Waals surface area contributed by atoms with Crippen molar-refractivity contribution in [3.05, 3.63) is 59.1 Å². The highest BCUT2D eigenvalue weighted by Crippen LogP contribution is 2.17.